The van der Waals surface area contributed by atoms with E-state index in [9.17, 15) is 14.0 Å². The predicted molar refractivity (Wildman–Crippen MR) is 137 cm³/mol. The zero-order valence-corrected chi connectivity index (χ0v) is 18.8. The first-order valence-corrected chi connectivity index (χ1v) is 11.0. The summed E-state index contributed by atoms with van der Waals surface area (Å²) in [6, 6.07) is 20.1. The van der Waals surface area contributed by atoms with E-state index in [-0.39, 0.29) is 5.91 Å². The molecule has 174 valence electrons. The van der Waals surface area contributed by atoms with E-state index < -0.39 is 11.8 Å². The van der Waals surface area contributed by atoms with Crippen LogP contribution in [0, 0.1) is 12.7 Å². The monoisotopic (exact) mass is 467 g/mol. The number of nitrogens with one attached hydrogen (secondary N) is 5. The third-order valence-electron chi connectivity index (χ3n) is 5.58. The lowest BCUT2D eigenvalue weighted by Gasteiger charge is -2.14. The van der Waals surface area contributed by atoms with Gasteiger partial charge in [0.05, 0.1) is 11.3 Å². The molecule has 3 amide bonds. The summed E-state index contributed by atoms with van der Waals surface area (Å²) >= 11 is 0. The lowest BCUT2D eigenvalue weighted by atomic mass is 10.1. The van der Waals surface area contributed by atoms with Gasteiger partial charge >= 0.3 is 6.03 Å². The predicted octanol–water partition coefficient (Wildman–Crippen LogP) is 6.34. The summed E-state index contributed by atoms with van der Waals surface area (Å²) in [7, 11) is 0. The molecule has 0 unspecified atom stereocenters. The molecule has 0 radical (unpaired) electrons. The number of aromatic nitrogens is 1. The van der Waals surface area contributed by atoms with Gasteiger partial charge in [0.15, 0.2) is 0 Å². The summed E-state index contributed by atoms with van der Waals surface area (Å²) < 4.78 is 13.4. The van der Waals surface area contributed by atoms with Crippen LogP contribution in [0.25, 0.3) is 11.6 Å². The van der Waals surface area contributed by atoms with Gasteiger partial charge in [-0.1, -0.05) is 18.2 Å². The summed E-state index contributed by atoms with van der Waals surface area (Å²) in [6.45, 7) is 1.95. The van der Waals surface area contributed by atoms with Gasteiger partial charge in [-0.05, 0) is 73.2 Å². The average Bonchev–Trinajstić information content (AvgIpc) is 3.44. The van der Waals surface area contributed by atoms with Gasteiger partial charge in [-0.15, -0.1) is 0 Å². The van der Waals surface area contributed by atoms with Crippen molar-refractivity contribution in [1.29, 1.82) is 0 Å². The van der Waals surface area contributed by atoms with Crippen molar-refractivity contribution < 1.29 is 14.0 Å². The molecule has 0 bridgehead atoms. The zero-order valence-electron chi connectivity index (χ0n) is 18.8. The van der Waals surface area contributed by atoms with E-state index in [1.165, 1.54) is 18.2 Å². The third kappa shape index (κ3) is 4.91. The molecule has 0 saturated carbocycles. The van der Waals surface area contributed by atoms with Crippen LogP contribution in [0.5, 0.6) is 0 Å². The van der Waals surface area contributed by atoms with E-state index in [0.29, 0.717) is 16.9 Å². The number of aryl methyl sites for hydroxylation is 1. The van der Waals surface area contributed by atoms with Crippen LogP contribution in [0.4, 0.5) is 37.6 Å². The fraction of sp³-hybridized carbons (Fsp3) is 0.0370. The van der Waals surface area contributed by atoms with Gasteiger partial charge in [-0.2, -0.15) is 0 Å². The first-order chi connectivity index (χ1) is 16.9. The molecule has 3 aromatic carbocycles. The van der Waals surface area contributed by atoms with Crippen molar-refractivity contribution >= 4 is 52.0 Å². The number of aromatic amines is 1. The Bertz CT molecular complexity index is 1460. The van der Waals surface area contributed by atoms with Crippen LogP contribution >= 0.6 is 0 Å². The van der Waals surface area contributed by atoms with Gasteiger partial charge in [-0.3, -0.25) is 4.79 Å². The molecule has 1 aromatic heterocycles. The number of benzene rings is 3. The van der Waals surface area contributed by atoms with Crippen LogP contribution in [-0.2, 0) is 4.79 Å². The van der Waals surface area contributed by atoms with Crippen LogP contribution in [0.1, 0.15) is 16.8 Å². The summed E-state index contributed by atoms with van der Waals surface area (Å²) in [6.07, 6.45) is 3.63. The third-order valence-corrected chi connectivity index (χ3v) is 5.58. The SMILES string of the molecule is Cc1ccc(NC(=O)Nc2cccc(F)c2)cc1Nc1ccc2c(c1)NC(=O)C2=Cc1ccc[nH]1. The van der Waals surface area contributed by atoms with Crippen LogP contribution < -0.4 is 21.3 Å². The summed E-state index contributed by atoms with van der Waals surface area (Å²) in [5.74, 6) is -0.583. The Morgan fingerprint density at radius 1 is 0.914 bits per heavy atom. The average molecular weight is 468 g/mol. The summed E-state index contributed by atoms with van der Waals surface area (Å²) in [5, 5.41) is 11.6. The Balaban J connectivity index is 1.32. The van der Waals surface area contributed by atoms with Crippen molar-refractivity contribution in [2.45, 2.75) is 6.92 Å². The Morgan fingerprint density at radius 3 is 2.49 bits per heavy atom. The number of carbonyl (C=O) groups is 2. The molecule has 7 nitrogen and oxygen atoms in total. The lowest BCUT2D eigenvalue weighted by molar-refractivity contribution is -0.110. The Morgan fingerprint density at radius 2 is 1.71 bits per heavy atom. The van der Waals surface area contributed by atoms with Crippen molar-refractivity contribution in [3.8, 4) is 0 Å². The zero-order chi connectivity index (χ0) is 24.4. The van der Waals surface area contributed by atoms with Gasteiger partial charge in [0.1, 0.15) is 5.82 Å². The first kappa shape index (κ1) is 22.0. The van der Waals surface area contributed by atoms with Gasteiger partial charge in [0, 0.05) is 40.2 Å². The number of carbonyl (C=O) groups excluding carboxylic acids is 2. The largest absolute Gasteiger partial charge is 0.362 e. The molecule has 1 aliphatic heterocycles. The Kier molecular flexibility index (Phi) is 5.76. The van der Waals surface area contributed by atoms with Crippen molar-refractivity contribution in [3.05, 3.63) is 102 Å². The summed E-state index contributed by atoms with van der Waals surface area (Å²) in [5.41, 5.74) is 6.48. The fourth-order valence-electron chi connectivity index (χ4n) is 3.85. The molecular weight excluding hydrogens is 445 g/mol. The second-order valence-electron chi connectivity index (χ2n) is 8.14. The maximum atomic E-state index is 13.4. The first-order valence-electron chi connectivity index (χ1n) is 11.0. The molecule has 0 aliphatic carbocycles. The minimum absolute atomic E-state index is 0.154. The van der Waals surface area contributed by atoms with Crippen molar-refractivity contribution in [2.75, 3.05) is 21.3 Å². The van der Waals surface area contributed by atoms with Gasteiger partial charge < -0.3 is 26.3 Å². The minimum atomic E-state index is -0.480. The molecule has 8 heteroatoms. The smallest absolute Gasteiger partial charge is 0.323 e. The molecule has 0 spiro atoms. The van der Waals surface area contributed by atoms with E-state index in [1.54, 1.807) is 12.1 Å². The van der Waals surface area contributed by atoms with Gasteiger partial charge in [0.25, 0.3) is 5.91 Å². The minimum Gasteiger partial charge on any atom is -0.362 e. The number of urea groups is 1. The Hall–Kier alpha value is -4.85. The normalized spacial score (nSPS) is 13.3. The number of rotatable bonds is 5. The molecule has 2 heterocycles. The van der Waals surface area contributed by atoms with Crippen molar-refractivity contribution in [2.24, 2.45) is 0 Å². The number of amides is 3. The van der Waals surface area contributed by atoms with Gasteiger partial charge in [-0.25, -0.2) is 9.18 Å². The highest BCUT2D eigenvalue weighted by Crippen LogP contribution is 2.36. The van der Waals surface area contributed by atoms with E-state index in [2.05, 4.69) is 26.3 Å². The molecule has 0 fully saturated rings. The van der Waals surface area contributed by atoms with Crippen LogP contribution in [0.3, 0.4) is 0 Å². The van der Waals surface area contributed by atoms with E-state index in [1.807, 2.05) is 61.7 Å². The fourth-order valence-corrected chi connectivity index (χ4v) is 3.85. The van der Waals surface area contributed by atoms with Crippen LogP contribution in [-0.4, -0.2) is 16.9 Å². The second kappa shape index (κ2) is 9.18. The number of hydrogen-bond acceptors (Lipinski definition) is 3. The molecule has 35 heavy (non-hydrogen) atoms. The van der Waals surface area contributed by atoms with Crippen molar-refractivity contribution in [1.82, 2.24) is 4.98 Å². The standard InChI is InChI=1S/C27H22FN5O2/c1-16-7-8-21(32-27(35)31-19-5-2-4-17(28)12-19)14-24(16)30-20-9-10-22-23(13-18-6-3-11-29-18)26(34)33-25(22)15-20/h2-15,29-30H,1H3,(H,33,34)(H2,31,32,35). The van der Waals surface area contributed by atoms with E-state index >= 15 is 0 Å². The molecule has 5 N–H and O–H groups in total. The lowest BCUT2D eigenvalue weighted by Crippen LogP contribution is -2.19. The maximum absolute atomic E-state index is 13.4. The highest BCUT2D eigenvalue weighted by Gasteiger charge is 2.24. The number of anilines is 5. The van der Waals surface area contributed by atoms with Crippen LogP contribution in [0.2, 0.25) is 0 Å². The maximum Gasteiger partial charge on any atom is 0.323 e. The topological polar surface area (TPSA) is 98.0 Å². The quantitative estimate of drug-likeness (QED) is 0.221. The Labute approximate surface area is 201 Å². The molecule has 0 saturated heterocycles. The van der Waals surface area contributed by atoms with E-state index in [4.69, 9.17) is 0 Å². The number of fused-ring (bicyclic) bond motifs is 1. The second-order valence-corrected chi connectivity index (χ2v) is 8.14. The van der Waals surface area contributed by atoms with E-state index in [0.717, 1.165) is 33.9 Å². The summed E-state index contributed by atoms with van der Waals surface area (Å²) in [4.78, 5) is 27.9. The molecule has 1 aliphatic rings. The molecule has 5 rings (SSSR count). The number of H-pyrrole nitrogens is 1. The number of halogens is 1. The van der Waals surface area contributed by atoms with Crippen LogP contribution in [0.15, 0.2) is 79.0 Å². The highest BCUT2D eigenvalue weighted by molar-refractivity contribution is 6.35. The van der Waals surface area contributed by atoms with Crippen molar-refractivity contribution in [3.63, 3.8) is 0 Å². The van der Waals surface area contributed by atoms with Gasteiger partial charge in [0.2, 0.25) is 0 Å². The molecular formula is C27H22FN5O2. The highest BCUT2D eigenvalue weighted by atomic mass is 19.1. The molecule has 0 atom stereocenters. The molecule has 4 aromatic rings. The number of hydrogen-bond donors (Lipinski definition) is 5.